The number of benzene rings is 2. The van der Waals surface area contributed by atoms with Crippen LogP contribution in [0.5, 0.6) is 0 Å². The zero-order valence-corrected chi connectivity index (χ0v) is 13.4. The molecular formula is C15H12BrClF3N. The maximum Gasteiger partial charge on any atom is 0.132 e. The highest BCUT2D eigenvalue weighted by molar-refractivity contribution is 9.10. The molecule has 0 saturated heterocycles. The SMILES string of the molecule is CNC(Cc1c(F)cccc1Cl)c1c(F)cc(Br)cc1F. The lowest BCUT2D eigenvalue weighted by Gasteiger charge is -2.19. The number of nitrogens with one attached hydrogen (secondary N) is 1. The van der Waals surface area contributed by atoms with Crippen molar-refractivity contribution in [3.8, 4) is 0 Å². The molecule has 6 heteroatoms. The molecule has 112 valence electrons. The lowest BCUT2D eigenvalue weighted by atomic mass is 9.97. The van der Waals surface area contributed by atoms with Crippen molar-refractivity contribution in [2.24, 2.45) is 0 Å². The van der Waals surface area contributed by atoms with Crippen molar-refractivity contribution in [3.63, 3.8) is 0 Å². The molecule has 1 unspecified atom stereocenters. The smallest absolute Gasteiger partial charge is 0.132 e. The summed E-state index contributed by atoms with van der Waals surface area (Å²) in [6.07, 6.45) is 0.0392. The Balaban J connectivity index is 2.42. The Morgan fingerprint density at radius 2 is 1.76 bits per heavy atom. The summed E-state index contributed by atoms with van der Waals surface area (Å²) >= 11 is 8.99. The van der Waals surface area contributed by atoms with Gasteiger partial charge in [-0.25, -0.2) is 13.2 Å². The largest absolute Gasteiger partial charge is 0.313 e. The van der Waals surface area contributed by atoms with E-state index >= 15 is 0 Å². The van der Waals surface area contributed by atoms with Crippen LogP contribution in [0.4, 0.5) is 13.2 Å². The summed E-state index contributed by atoms with van der Waals surface area (Å²) in [5.41, 5.74) is 0.0836. The first-order chi connectivity index (χ1) is 9.93. The van der Waals surface area contributed by atoms with Crippen LogP contribution in [0.15, 0.2) is 34.8 Å². The van der Waals surface area contributed by atoms with E-state index in [1.807, 2.05) is 0 Å². The second-order valence-electron chi connectivity index (χ2n) is 4.53. The first-order valence-corrected chi connectivity index (χ1v) is 7.35. The summed E-state index contributed by atoms with van der Waals surface area (Å²) < 4.78 is 42.2. The molecule has 2 rings (SSSR count). The third-order valence-electron chi connectivity index (χ3n) is 3.21. The molecule has 1 atom stereocenters. The van der Waals surface area contributed by atoms with Crippen LogP contribution < -0.4 is 5.32 Å². The summed E-state index contributed by atoms with van der Waals surface area (Å²) in [6.45, 7) is 0. The Labute approximate surface area is 134 Å². The van der Waals surface area contributed by atoms with Crippen LogP contribution >= 0.6 is 27.5 Å². The van der Waals surface area contributed by atoms with E-state index in [1.54, 1.807) is 13.1 Å². The van der Waals surface area contributed by atoms with E-state index in [0.29, 0.717) is 4.47 Å². The van der Waals surface area contributed by atoms with E-state index in [2.05, 4.69) is 21.2 Å². The van der Waals surface area contributed by atoms with Crippen molar-refractivity contribution in [1.29, 1.82) is 0 Å². The molecule has 0 radical (unpaired) electrons. The van der Waals surface area contributed by atoms with Crippen LogP contribution in [-0.4, -0.2) is 7.05 Å². The summed E-state index contributed by atoms with van der Waals surface area (Å²) in [7, 11) is 1.56. The molecule has 0 saturated carbocycles. The van der Waals surface area contributed by atoms with E-state index in [9.17, 15) is 13.2 Å². The summed E-state index contributed by atoms with van der Waals surface area (Å²) in [4.78, 5) is 0. The molecule has 0 aromatic heterocycles. The van der Waals surface area contributed by atoms with Crippen LogP contribution in [0.25, 0.3) is 0 Å². The van der Waals surface area contributed by atoms with E-state index in [-0.39, 0.29) is 22.6 Å². The van der Waals surface area contributed by atoms with Crippen LogP contribution in [0.1, 0.15) is 17.2 Å². The van der Waals surface area contributed by atoms with Crippen LogP contribution in [0.2, 0.25) is 5.02 Å². The van der Waals surface area contributed by atoms with Crippen LogP contribution in [0.3, 0.4) is 0 Å². The minimum atomic E-state index is -0.729. The van der Waals surface area contributed by atoms with E-state index in [1.165, 1.54) is 24.3 Å². The molecule has 0 aliphatic rings. The Morgan fingerprint density at radius 1 is 1.14 bits per heavy atom. The Hall–Kier alpha value is -1.04. The second kappa shape index (κ2) is 6.81. The molecule has 1 N–H and O–H groups in total. The van der Waals surface area contributed by atoms with Crippen molar-refractivity contribution in [2.45, 2.75) is 12.5 Å². The second-order valence-corrected chi connectivity index (χ2v) is 5.85. The van der Waals surface area contributed by atoms with Gasteiger partial charge in [0.15, 0.2) is 0 Å². The maximum absolute atomic E-state index is 14.0. The highest BCUT2D eigenvalue weighted by atomic mass is 79.9. The van der Waals surface area contributed by atoms with Gasteiger partial charge in [0.25, 0.3) is 0 Å². The standard InChI is InChI=1S/C15H12BrClF3N/c1-21-14(7-9-10(17)3-2-4-11(9)18)15-12(19)5-8(16)6-13(15)20/h2-6,14,21H,7H2,1H3. The van der Waals surface area contributed by atoms with Crippen molar-refractivity contribution in [3.05, 3.63) is 68.4 Å². The number of rotatable bonds is 4. The van der Waals surface area contributed by atoms with E-state index in [4.69, 9.17) is 11.6 Å². The summed E-state index contributed by atoms with van der Waals surface area (Å²) in [6, 6.07) is 5.91. The Kier molecular flexibility index (Phi) is 5.30. The fourth-order valence-corrected chi connectivity index (χ4v) is 2.81. The first kappa shape index (κ1) is 16.3. The Morgan fingerprint density at radius 3 is 2.29 bits per heavy atom. The number of hydrogen-bond donors (Lipinski definition) is 1. The highest BCUT2D eigenvalue weighted by Crippen LogP contribution is 2.30. The molecule has 0 aliphatic carbocycles. The van der Waals surface area contributed by atoms with Crippen molar-refractivity contribution >= 4 is 27.5 Å². The zero-order chi connectivity index (χ0) is 15.6. The number of halogens is 5. The molecule has 0 spiro atoms. The van der Waals surface area contributed by atoms with Gasteiger partial charge in [-0.3, -0.25) is 0 Å². The summed E-state index contributed by atoms with van der Waals surface area (Å²) in [5, 5.41) is 3.03. The fourth-order valence-electron chi connectivity index (χ4n) is 2.17. The first-order valence-electron chi connectivity index (χ1n) is 6.18. The number of hydrogen-bond acceptors (Lipinski definition) is 1. The molecule has 2 aromatic carbocycles. The minimum Gasteiger partial charge on any atom is -0.313 e. The van der Waals surface area contributed by atoms with Gasteiger partial charge in [-0.2, -0.15) is 0 Å². The van der Waals surface area contributed by atoms with Crippen molar-refractivity contribution in [1.82, 2.24) is 5.32 Å². The molecule has 0 bridgehead atoms. The quantitative estimate of drug-likeness (QED) is 0.787. The predicted octanol–water partition coefficient (Wildman–Crippen LogP) is 5.02. The van der Waals surface area contributed by atoms with Gasteiger partial charge < -0.3 is 5.32 Å². The molecule has 2 aromatic rings. The highest BCUT2D eigenvalue weighted by Gasteiger charge is 2.22. The molecule has 0 amide bonds. The normalized spacial score (nSPS) is 12.5. The lowest BCUT2D eigenvalue weighted by Crippen LogP contribution is -2.22. The van der Waals surface area contributed by atoms with Gasteiger partial charge in [-0.05, 0) is 37.7 Å². The monoisotopic (exact) mass is 377 g/mol. The van der Waals surface area contributed by atoms with Gasteiger partial charge in [0, 0.05) is 26.7 Å². The van der Waals surface area contributed by atoms with Crippen molar-refractivity contribution in [2.75, 3.05) is 7.05 Å². The molecule has 1 nitrogen and oxygen atoms in total. The van der Waals surface area contributed by atoms with E-state index in [0.717, 1.165) is 0 Å². The van der Waals surface area contributed by atoms with Gasteiger partial charge >= 0.3 is 0 Å². The lowest BCUT2D eigenvalue weighted by molar-refractivity contribution is 0.481. The van der Waals surface area contributed by atoms with Crippen LogP contribution in [0, 0.1) is 17.5 Å². The Bertz CT molecular complexity index is 620. The predicted molar refractivity (Wildman–Crippen MR) is 81.0 cm³/mol. The average molecular weight is 379 g/mol. The fraction of sp³-hybridized carbons (Fsp3) is 0.200. The van der Waals surface area contributed by atoms with Gasteiger partial charge in [-0.1, -0.05) is 33.6 Å². The molecular weight excluding hydrogens is 367 g/mol. The van der Waals surface area contributed by atoms with Gasteiger partial charge in [0.1, 0.15) is 17.5 Å². The number of likely N-dealkylation sites (N-methyl/N-ethyl adjacent to an activating group) is 1. The van der Waals surface area contributed by atoms with Gasteiger partial charge in [0.05, 0.1) is 0 Å². The molecule has 0 heterocycles. The minimum absolute atomic E-state index is 0.0392. The average Bonchev–Trinajstić information content (AvgIpc) is 2.39. The maximum atomic E-state index is 14.0. The third-order valence-corrected chi connectivity index (χ3v) is 4.02. The van der Waals surface area contributed by atoms with Gasteiger partial charge in [0.2, 0.25) is 0 Å². The topological polar surface area (TPSA) is 12.0 Å². The summed E-state index contributed by atoms with van der Waals surface area (Å²) in [5.74, 6) is -1.90. The third kappa shape index (κ3) is 3.59. The van der Waals surface area contributed by atoms with Crippen LogP contribution in [-0.2, 0) is 6.42 Å². The molecule has 0 aliphatic heterocycles. The zero-order valence-electron chi connectivity index (χ0n) is 11.1. The molecule has 21 heavy (non-hydrogen) atoms. The van der Waals surface area contributed by atoms with E-state index < -0.39 is 23.5 Å². The molecule has 0 fully saturated rings. The van der Waals surface area contributed by atoms with Gasteiger partial charge in [-0.15, -0.1) is 0 Å². The van der Waals surface area contributed by atoms with Crippen molar-refractivity contribution < 1.29 is 13.2 Å².